The zero-order valence-electron chi connectivity index (χ0n) is 13.1. The van der Waals surface area contributed by atoms with E-state index in [1.807, 2.05) is 48.6 Å². The van der Waals surface area contributed by atoms with E-state index in [0.29, 0.717) is 23.5 Å². The van der Waals surface area contributed by atoms with Crippen LogP contribution in [0.3, 0.4) is 0 Å². The van der Waals surface area contributed by atoms with Crippen LogP contribution in [-0.2, 0) is 0 Å². The lowest BCUT2D eigenvalue weighted by Crippen LogP contribution is -2.02. The molecule has 0 heterocycles. The first-order valence-electron chi connectivity index (χ1n) is 7.63. The van der Waals surface area contributed by atoms with Crippen molar-refractivity contribution in [2.45, 2.75) is 19.8 Å². The first-order chi connectivity index (χ1) is 11.3. The van der Waals surface area contributed by atoms with Crippen LogP contribution < -0.4 is 4.74 Å². The standard InChI is InChI=1S/C20H18N2O/c1-2-3-13-23-20-17(10-9-16-7-5-4-6-8-16)11-12-18(14-21)19(20)15-22/h4-12H,2-3,13H2,1H3. The first kappa shape index (κ1) is 16.3. The lowest BCUT2D eigenvalue weighted by molar-refractivity contribution is 0.308. The average Bonchev–Trinajstić information content (AvgIpc) is 2.61. The summed E-state index contributed by atoms with van der Waals surface area (Å²) in [7, 11) is 0. The third-order valence-electron chi connectivity index (χ3n) is 3.42. The Morgan fingerprint density at radius 1 is 1.00 bits per heavy atom. The highest BCUT2D eigenvalue weighted by Gasteiger charge is 2.13. The molecule has 2 aromatic carbocycles. The van der Waals surface area contributed by atoms with E-state index in [2.05, 4.69) is 19.1 Å². The molecule has 0 spiro atoms. The van der Waals surface area contributed by atoms with Gasteiger partial charge >= 0.3 is 0 Å². The Morgan fingerprint density at radius 2 is 1.78 bits per heavy atom. The molecule has 0 aromatic heterocycles. The number of hydrogen-bond donors (Lipinski definition) is 0. The quantitative estimate of drug-likeness (QED) is 0.570. The number of unbranched alkanes of at least 4 members (excludes halogenated alkanes) is 1. The third kappa shape index (κ3) is 4.22. The molecule has 0 amide bonds. The van der Waals surface area contributed by atoms with Crippen molar-refractivity contribution in [1.82, 2.24) is 0 Å². The van der Waals surface area contributed by atoms with Crippen molar-refractivity contribution < 1.29 is 4.74 Å². The van der Waals surface area contributed by atoms with Gasteiger partial charge in [0.15, 0.2) is 0 Å². The Labute approximate surface area is 137 Å². The SMILES string of the molecule is CCCCOc1c(C=Cc2ccccc2)ccc(C#N)c1C#N. The molecule has 0 radical (unpaired) electrons. The van der Waals surface area contributed by atoms with Crippen molar-refractivity contribution in [2.24, 2.45) is 0 Å². The fourth-order valence-corrected chi connectivity index (χ4v) is 2.16. The summed E-state index contributed by atoms with van der Waals surface area (Å²) in [5.41, 5.74) is 2.52. The maximum Gasteiger partial charge on any atom is 0.145 e. The van der Waals surface area contributed by atoms with Crippen LogP contribution >= 0.6 is 0 Å². The predicted molar refractivity (Wildman–Crippen MR) is 91.6 cm³/mol. The van der Waals surface area contributed by atoms with Gasteiger partial charge in [0.1, 0.15) is 23.5 Å². The van der Waals surface area contributed by atoms with Gasteiger partial charge < -0.3 is 4.74 Å². The molecule has 3 heteroatoms. The molecule has 0 saturated carbocycles. The second-order valence-electron chi connectivity index (χ2n) is 5.08. The van der Waals surface area contributed by atoms with E-state index in [1.54, 1.807) is 6.07 Å². The maximum atomic E-state index is 9.39. The summed E-state index contributed by atoms with van der Waals surface area (Å²) in [6.07, 6.45) is 5.80. The molecule has 0 atom stereocenters. The second kappa shape index (κ2) is 8.41. The van der Waals surface area contributed by atoms with Crippen LogP contribution in [0.1, 0.15) is 42.0 Å². The molecule has 0 bridgehead atoms. The monoisotopic (exact) mass is 302 g/mol. The molecule has 114 valence electrons. The van der Waals surface area contributed by atoms with Gasteiger partial charge in [0.05, 0.1) is 12.2 Å². The number of ether oxygens (including phenoxy) is 1. The van der Waals surface area contributed by atoms with Crippen LogP contribution in [-0.4, -0.2) is 6.61 Å². The molecule has 0 unspecified atom stereocenters. The Balaban J connectivity index is 2.40. The summed E-state index contributed by atoms with van der Waals surface area (Å²) in [5, 5.41) is 18.6. The van der Waals surface area contributed by atoms with Gasteiger partial charge in [0, 0.05) is 5.56 Å². The van der Waals surface area contributed by atoms with Gasteiger partial charge in [-0.3, -0.25) is 0 Å². The summed E-state index contributed by atoms with van der Waals surface area (Å²) in [6.45, 7) is 2.61. The summed E-state index contributed by atoms with van der Waals surface area (Å²) >= 11 is 0. The van der Waals surface area contributed by atoms with Gasteiger partial charge in [-0.1, -0.05) is 55.8 Å². The van der Waals surface area contributed by atoms with Crippen LogP contribution in [0.5, 0.6) is 5.75 Å². The first-order valence-corrected chi connectivity index (χ1v) is 7.63. The van der Waals surface area contributed by atoms with E-state index >= 15 is 0 Å². The minimum atomic E-state index is 0.304. The average molecular weight is 302 g/mol. The Morgan fingerprint density at radius 3 is 2.43 bits per heavy atom. The van der Waals surface area contributed by atoms with Gasteiger partial charge in [-0.05, 0) is 24.1 Å². The third-order valence-corrected chi connectivity index (χ3v) is 3.42. The lowest BCUT2D eigenvalue weighted by atomic mass is 10.0. The van der Waals surface area contributed by atoms with E-state index in [-0.39, 0.29) is 0 Å². The number of benzene rings is 2. The topological polar surface area (TPSA) is 56.8 Å². The summed E-state index contributed by atoms with van der Waals surface area (Å²) in [5.74, 6) is 0.493. The van der Waals surface area contributed by atoms with Crippen LogP contribution in [0.25, 0.3) is 12.2 Å². The van der Waals surface area contributed by atoms with E-state index < -0.39 is 0 Å². The van der Waals surface area contributed by atoms with Crippen molar-refractivity contribution in [1.29, 1.82) is 10.5 Å². The minimum Gasteiger partial charge on any atom is -0.492 e. The molecule has 0 N–H and O–H groups in total. The van der Waals surface area contributed by atoms with Crippen LogP contribution in [0.15, 0.2) is 42.5 Å². The number of hydrogen-bond acceptors (Lipinski definition) is 3. The maximum absolute atomic E-state index is 9.39. The van der Waals surface area contributed by atoms with Crippen LogP contribution in [0, 0.1) is 22.7 Å². The summed E-state index contributed by atoms with van der Waals surface area (Å²) in [4.78, 5) is 0. The fraction of sp³-hybridized carbons (Fsp3) is 0.200. The number of rotatable bonds is 6. The van der Waals surface area contributed by atoms with Crippen LogP contribution in [0.4, 0.5) is 0 Å². The molecular formula is C20H18N2O. The normalized spacial score (nSPS) is 10.2. The molecule has 0 fully saturated rings. The van der Waals surface area contributed by atoms with Crippen molar-refractivity contribution >= 4 is 12.2 Å². The molecule has 0 aliphatic rings. The zero-order chi connectivity index (χ0) is 16.5. The van der Waals surface area contributed by atoms with Gasteiger partial charge in [-0.2, -0.15) is 10.5 Å². The van der Waals surface area contributed by atoms with Gasteiger partial charge in [0.2, 0.25) is 0 Å². The smallest absolute Gasteiger partial charge is 0.145 e. The Hall–Kier alpha value is -3.04. The van der Waals surface area contributed by atoms with Crippen molar-refractivity contribution in [2.75, 3.05) is 6.61 Å². The van der Waals surface area contributed by atoms with E-state index in [4.69, 9.17) is 10.00 Å². The summed E-state index contributed by atoms with van der Waals surface area (Å²) < 4.78 is 5.81. The highest BCUT2D eigenvalue weighted by Crippen LogP contribution is 2.28. The molecule has 2 rings (SSSR count). The lowest BCUT2D eigenvalue weighted by Gasteiger charge is -2.11. The zero-order valence-corrected chi connectivity index (χ0v) is 13.1. The number of nitrogens with zero attached hydrogens (tertiary/aromatic N) is 2. The molecule has 0 aliphatic carbocycles. The molecule has 0 aliphatic heterocycles. The van der Waals surface area contributed by atoms with Gasteiger partial charge in [-0.15, -0.1) is 0 Å². The molecule has 3 nitrogen and oxygen atoms in total. The minimum absolute atomic E-state index is 0.304. The Bertz CT molecular complexity index is 765. The van der Waals surface area contributed by atoms with E-state index in [1.165, 1.54) is 0 Å². The highest BCUT2D eigenvalue weighted by atomic mass is 16.5. The van der Waals surface area contributed by atoms with Gasteiger partial charge in [-0.25, -0.2) is 0 Å². The largest absolute Gasteiger partial charge is 0.492 e. The Kier molecular flexibility index (Phi) is 5.98. The molecular weight excluding hydrogens is 284 g/mol. The second-order valence-corrected chi connectivity index (χ2v) is 5.08. The highest BCUT2D eigenvalue weighted by molar-refractivity contribution is 5.75. The van der Waals surface area contributed by atoms with Crippen LogP contribution in [0.2, 0.25) is 0 Å². The molecule has 2 aromatic rings. The molecule has 23 heavy (non-hydrogen) atoms. The fourth-order valence-electron chi connectivity index (χ4n) is 2.16. The summed E-state index contributed by atoms with van der Waals surface area (Å²) in [6, 6.07) is 17.5. The van der Waals surface area contributed by atoms with Crippen molar-refractivity contribution in [3.05, 3.63) is 64.7 Å². The van der Waals surface area contributed by atoms with Gasteiger partial charge in [0.25, 0.3) is 0 Å². The van der Waals surface area contributed by atoms with E-state index in [9.17, 15) is 5.26 Å². The predicted octanol–water partition coefficient (Wildman–Crippen LogP) is 4.78. The van der Waals surface area contributed by atoms with E-state index in [0.717, 1.165) is 24.0 Å². The van der Waals surface area contributed by atoms with Crippen molar-refractivity contribution in [3.63, 3.8) is 0 Å². The molecule has 0 saturated heterocycles. The number of nitriles is 2. The van der Waals surface area contributed by atoms with Crippen molar-refractivity contribution in [3.8, 4) is 17.9 Å².